The quantitative estimate of drug-likeness (QED) is 0.456. The molecule has 0 radical (unpaired) electrons. The summed E-state index contributed by atoms with van der Waals surface area (Å²) in [7, 11) is 0. The minimum Gasteiger partial charge on any atom is -0.350 e. The van der Waals surface area contributed by atoms with Gasteiger partial charge in [-0.3, -0.25) is 9.59 Å². The van der Waals surface area contributed by atoms with Crippen molar-refractivity contribution in [1.82, 2.24) is 15.1 Å². The van der Waals surface area contributed by atoms with Crippen molar-refractivity contribution in [1.29, 1.82) is 0 Å². The van der Waals surface area contributed by atoms with E-state index in [1.807, 2.05) is 54.3 Å². The second-order valence-corrected chi connectivity index (χ2v) is 9.43. The molecule has 3 aromatic carbocycles. The van der Waals surface area contributed by atoms with Gasteiger partial charge in [-0.15, -0.1) is 0 Å². The van der Waals surface area contributed by atoms with Gasteiger partial charge in [-0.1, -0.05) is 24.3 Å². The second kappa shape index (κ2) is 8.34. The Kier molecular flexibility index (Phi) is 5.13. The molecule has 1 aromatic heterocycles. The lowest BCUT2D eigenvalue weighted by Gasteiger charge is -2.30. The minimum absolute atomic E-state index is 0.0235. The summed E-state index contributed by atoms with van der Waals surface area (Å²) in [5, 5.41) is 8.52. The number of carbonyl (C=O) groups excluding carboxylic acids is 2. The lowest BCUT2D eigenvalue weighted by Crippen LogP contribution is -2.40. The van der Waals surface area contributed by atoms with Crippen LogP contribution in [0.3, 0.4) is 0 Å². The van der Waals surface area contributed by atoms with Gasteiger partial charge in [0.15, 0.2) is 0 Å². The molecule has 1 saturated carbocycles. The van der Waals surface area contributed by atoms with Crippen molar-refractivity contribution in [2.75, 3.05) is 4.90 Å². The number of hydrogen-bond acceptors (Lipinski definition) is 3. The molecule has 35 heavy (non-hydrogen) atoms. The zero-order valence-corrected chi connectivity index (χ0v) is 19.3. The van der Waals surface area contributed by atoms with Gasteiger partial charge in [0.1, 0.15) is 5.82 Å². The third kappa shape index (κ3) is 3.87. The number of aryl methyl sites for hydroxylation is 1. The van der Waals surface area contributed by atoms with Gasteiger partial charge in [-0.25, -0.2) is 9.07 Å². The number of fused-ring (bicyclic) bond motifs is 1. The van der Waals surface area contributed by atoms with Crippen LogP contribution in [0.25, 0.3) is 16.6 Å². The molecule has 0 bridgehead atoms. The zero-order chi connectivity index (χ0) is 24.1. The monoisotopic (exact) mass is 468 g/mol. The molecular formula is C28H25FN4O2. The van der Waals surface area contributed by atoms with Crippen molar-refractivity contribution < 1.29 is 14.0 Å². The lowest BCUT2D eigenvalue weighted by molar-refractivity contribution is -0.123. The van der Waals surface area contributed by atoms with Crippen LogP contribution in [0.4, 0.5) is 10.1 Å². The number of benzene rings is 3. The number of nitrogens with one attached hydrogen (secondary N) is 1. The van der Waals surface area contributed by atoms with Crippen LogP contribution in [0.15, 0.2) is 72.9 Å². The Morgan fingerprint density at radius 2 is 1.77 bits per heavy atom. The molecule has 4 aromatic rings. The van der Waals surface area contributed by atoms with Crippen molar-refractivity contribution in [2.45, 2.75) is 38.3 Å². The smallest absolute Gasteiger partial charge is 0.229 e. The fourth-order valence-corrected chi connectivity index (χ4v) is 5.05. The zero-order valence-electron chi connectivity index (χ0n) is 19.3. The molecule has 1 unspecified atom stereocenters. The molecule has 6 nitrogen and oxygen atoms in total. The van der Waals surface area contributed by atoms with E-state index in [1.54, 1.807) is 23.0 Å². The molecule has 1 N–H and O–H groups in total. The standard InChI is InChI=1S/C28H25FN4O2/c1-17-4-2-3-5-23(17)27-24(31-28(35)18-6-7-18)15-26(34)32(27)22-12-13-25-19(14-22)16-30-33(25)21-10-8-20(29)9-11-21/h2-5,8-14,16,18,24,27H,6-7,15H2,1H3,(H,31,35)/t24-,27?/m0/s1. The first-order valence-corrected chi connectivity index (χ1v) is 11.9. The van der Waals surface area contributed by atoms with E-state index in [2.05, 4.69) is 10.4 Å². The second-order valence-electron chi connectivity index (χ2n) is 9.43. The van der Waals surface area contributed by atoms with E-state index >= 15 is 0 Å². The molecule has 1 aliphatic carbocycles. The average molecular weight is 469 g/mol. The van der Waals surface area contributed by atoms with E-state index in [4.69, 9.17) is 0 Å². The van der Waals surface area contributed by atoms with E-state index in [0.29, 0.717) is 0 Å². The molecule has 176 valence electrons. The molecular weight excluding hydrogens is 443 g/mol. The number of aromatic nitrogens is 2. The van der Waals surface area contributed by atoms with Crippen LogP contribution in [-0.2, 0) is 9.59 Å². The van der Waals surface area contributed by atoms with Crippen LogP contribution in [0.1, 0.15) is 36.4 Å². The fourth-order valence-electron chi connectivity index (χ4n) is 5.05. The first kappa shape index (κ1) is 21.5. The maximum absolute atomic E-state index is 13.4. The van der Waals surface area contributed by atoms with Crippen molar-refractivity contribution >= 4 is 28.4 Å². The topological polar surface area (TPSA) is 67.2 Å². The normalized spacial score (nSPS) is 19.9. The van der Waals surface area contributed by atoms with Gasteiger partial charge in [-0.2, -0.15) is 5.10 Å². The van der Waals surface area contributed by atoms with Crippen LogP contribution >= 0.6 is 0 Å². The third-order valence-electron chi connectivity index (χ3n) is 7.01. The molecule has 7 heteroatoms. The third-order valence-corrected chi connectivity index (χ3v) is 7.01. The van der Waals surface area contributed by atoms with Crippen LogP contribution < -0.4 is 10.2 Å². The summed E-state index contributed by atoms with van der Waals surface area (Å²) in [6.45, 7) is 2.03. The van der Waals surface area contributed by atoms with Crippen molar-refractivity contribution in [3.8, 4) is 5.69 Å². The molecule has 1 saturated heterocycles. The summed E-state index contributed by atoms with van der Waals surface area (Å²) in [4.78, 5) is 27.8. The number of rotatable bonds is 5. The van der Waals surface area contributed by atoms with Crippen molar-refractivity contribution in [2.24, 2.45) is 5.92 Å². The Morgan fingerprint density at radius 3 is 2.51 bits per heavy atom. The minimum atomic E-state index is -0.300. The summed E-state index contributed by atoms with van der Waals surface area (Å²) >= 11 is 0. The van der Waals surface area contributed by atoms with Crippen LogP contribution in [0.5, 0.6) is 0 Å². The molecule has 0 spiro atoms. The number of nitrogens with zero attached hydrogens (tertiary/aromatic N) is 3. The first-order valence-electron chi connectivity index (χ1n) is 11.9. The van der Waals surface area contributed by atoms with E-state index < -0.39 is 0 Å². The summed E-state index contributed by atoms with van der Waals surface area (Å²) < 4.78 is 15.1. The summed E-state index contributed by atoms with van der Waals surface area (Å²) in [6.07, 6.45) is 3.84. The Bertz CT molecular complexity index is 1440. The number of amides is 2. The highest BCUT2D eigenvalue weighted by Gasteiger charge is 2.44. The van der Waals surface area contributed by atoms with Gasteiger partial charge in [0.25, 0.3) is 0 Å². The van der Waals surface area contributed by atoms with E-state index in [1.165, 1.54) is 12.1 Å². The summed E-state index contributed by atoms with van der Waals surface area (Å²) in [5.74, 6) is -0.208. The summed E-state index contributed by atoms with van der Waals surface area (Å²) in [6, 6.07) is 19.4. The Morgan fingerprint density at radius 1 is 1.03 bits per heavy atom. The molecule has 2 heterocycles. The van der Waals surface area contributed by atoms with E-state index in [9.17, 15) is 14.0 Å². The number of carbonyl (C=O) groups is 2. The predicted octanol–water partition coefficient (Wildman–Crippen LogP) is 4.85. The average Bonchev–Trinajstić information content (AvgIpc) is 3.55. The highest BCUT2D eigenvalue weighted by molar-refractivity contribution is 6.00. The maximum Gasteiger partial charge on any atom is 0.229 e. The number of anilines is 1. The lowest BCUT2D eigenvalue weighted by atomic mass is 9.95. The van der Waals surface area contributed by atoms with E-state index in [0.717, 1.165) is 46.2 Å². The van der Waals surface area contributed by atoms with Gasteiger partial charge >= 0.3 is 0 Å². The predicted molar refractivity (Wildman–Crippen MR) is 132 cm³/mol. The van der Waals surface area contributed by atoms with Gasteiger partial charge in [0.2, 0.25) is 11.8 Å². The van der Waals surface area contributed by atoms with E-state index in [-0.39, 0.29) is 42.1 Å². The molecule has 1 aliphatic heterocycles. The fraction of sp³-hybridized carbons (Fsp3) is 0.250. The summed E-state index contributed by atoms with van der Waals surface area (Å²) in [5.41, 5.74) is 4.48. The van der Waals surface area contributed by atoms with Crippen molar-refractivity contribution in [3.05, 3.63) is 89.9 Å². The highest BCUT2D eigenvalue weighted by atomic mass is 19.1. The Labute approximate surface area is 202 Å². The van der Waals surface area contributed by atoms with Gasteiger partial charge in [0.05, 0.1) is 29.5 Å². The van der Waals surface area contributed by atoms with Crippen LogP contribution in [0.2, 0.25) is 0 Å². The molecule has 2 aliphatic rings. The van der Waals surface area contributed by atoms with Gasteiger partial charge < -0.3 is 10.2 Å². The molecule has 2 atom stereocenters. The van der Waals surface area contributed by atoms with Gasteiger partial charge in [-0.05, 0) is 73.4 Å². The maximum atomic E-state index is 13.4. The Hall–Kier alpha value is -4.00. The number of hydrogen-bond donors (Lipinski definition) is 1. The number of halogens is 1. The largest absolute Gasteiger partial charge is 0.350 e. The highest BCUT2D eigenvalue weighted by Crippen LogP contribution is 2.40. The van der Waals surface area contributed by atoms with Crippen LogP contribution in [0, 0.1) is 18.7 Å². The molecule has 6 rings (SSSR count). The first-order chi connectivity index (χ1) is 17.0. The SMILES string of the molecule is Cc1ccccc1C1[C@@H](NC(=O)C2CC2)CC(=O)N1c1ccc2c(cnn2-c2ccc(F)cc2)c1. The molecule has 2 fully saturated rings. The van der Waals surface area contributed by atoms with Gasteiger partial charge in [0, 0.05) is 23.4 Å². The Balaban J connectivity index is 1.39. The van der Waals surface area contributed by atoms with Crippen LogP contribution in [-0.4, -0.2) is 27.6 Å². The molecule has 2 amide bonds. The van der Waals surface area contributed by atoms with Crippen molar-refractivity contribution in [3.63, 3.8) is 0 Å².